The van der Waals surface area contributed by atoms with Crippen LogP contribution in [0, 0.1) is 5.92 Å². The molecule has 1 aliphatic carbocycles. The fraction of sp³-hybridized carbons (Fsp3) is 0.480. The molecule has 35 heavy (non-hydrogen) atoms. The molecular formula is C25H31N3O6S. The highest BCUT2D eigenvalue weighted by molar-refractivity contribution is 8.16. The summed E-state index contributed by atoms with van der Waals surface area (Å²) >= 11 is 1.43. The van der Waals surface area contributed by atoms with Gasteiger partial charge in [-0.25, -0.2) is 9.79 Å². The van der Waals surface area contributed by atoms with E-state index < -0.39 is 12.0 Å². The zero-order chi connectivity index (χ0) is 24.9. The molecular weight excluding hydrogens is 470 g/mol. The van der Waals surface area contributed by atoms with Crippen LogP contribution in [-0.2, 0) is 19.1 Å². The van der Waals surface area contributed by atoms with Gasteiger partial charge in [0.05, 0.1) is 44.6 Å². The van der Waals surface area contributed by atoms with E-state index in [2.05, 4.69) is 10.3 Å². The van der Waals surface area contributed by atoms with Crippen LogP contribution in [0.3, 0.4) is 0 Å². The van der Waals surface area contributed by atoms with Crippen LogP contribution >= 0.6 is 11.8 Å². The number of nitrogens with zero attached hydrogens (tertiary/aromatic N) is 2. The number of hydrogen-bond acceptors (Lipinski definition) is 9. The third-order valence-electron chi connectivity index (χ3n) is 6.10. The second kappa shape index (κ2) is 11.2. The van der Waals surface area contributed by atoms with Gasteiger partial charge in [-0.05, 0) is 49.3 Å². The molecule has 2 heterocycles. The zero-order valence-corrected chi connectivity index (χ0v) is 21.3. The second-order valence-electron chi connectivity index (χ2n) is 8.55. The molecule has 0 saturated heterocycles. The molecule has 4 rings (SSSR count). The zero-order valence-electron chi connectivity index (χ0n) is 20.5. The molecule has 188 valence electrons. The lowest BCUT2D eigenvalue weighted by molar-refractivity contribution is -0.141. The molecule has 0 spiro atoms. The van der Waals surface area contributed by atoms with Crippen molar-refractivity contribution in [1.29, 1.82) is 0 Å². The van der Waals surface area contributed by atoms with Crippen LogP contribution in [0.4, 0.5) is 0 Å². The average Bonchev–Trinajstić information content (AvgIpc) is 3.61. The third-order valence-corrected chi connectivity index (χ3v) is 6.99. The van der Waals surface area contributed by atoms with E-state index in [0.29, 0.717) is 46.0 Å². The van der Waals surface area contributed by atoms with Gasteiger partial charge in [0.1, 0.15) is 18.1 Å². The van der Waals surface area contributed by atoms with Gasteiger partial charge in [-0.2, -0.15) is 0 Å². The Balaban J connectivity index is 1.71. The fourth-order valence-corrected chi connectivity index (χ4v) is 5.04. The van der Waals surface area contributed by atoms with E-state index in [0.717, 1.165) is 18.5 Å². The van der Waals surface area contributed by atoms with Crippen molar-refractivity contribution in [3.8, 4) is 11.5 Å². The summed E-state index contributed by atoms with van der Waals surface area (Å²) in [6, 6.07) is 4.84. The summed E-state index contributed by atoms with van der Waals surface area (Å²) < 4.78 is 21.7. The molecule has 9 nitrogen and oxygen atoms in total. The quantitative estimate of drug-likeness (QED) is 0.364. The second-order valence-corrected chi connectivity index (χ2v) is 9.39. The van der Waals surface area contributed by atoms with Crippen LogP contribution in [0.5, 0.6) is 11.5 Å². The lowest BCUT2D eigenvalue weighted by Crippen LogP contribution is -2.38. The molecule has 0 bridgehead atoms. The van der Waals surface area contributed by atoms with Gasteiger partial charge in [0.25, 0.3) is 0 Å². The summed E-state index contributed by atoms with van der Waals surface area (Å²) in [5.41, 5.74) is 2.40. The number of thioether (sulfide) groups is 1. The first kappa shape index (κ1) is 25.1. The fourth-order valence-electron chi connectivity index (χ4n) is 4.08. The van der Waals surface area contributed by atoms with Gasteiger partial charge in [-0.3, -0.25) is 4.79 Å². The standard InChI is InChI=1S/C25H31N3O6S/c1-15-22(24(30)34-10-9-31-2)23(19-12-18(32-3)7-8-20(19)33-4)28-17(14-35-25(28)27-15)11-21(29)26-13-16-5-6-16/h7-8,12,14,16,23H,5-6,9-11,13H2,1-4H3,(H,26,29). The molecule has 1 unspecified atom stereocenters. The van der Waals surface area contributed by atoms with E-state index in [1.54, 1.807) is 40.4 Å². The number of amides is 1. The van der Waals surface area contributed by atoms with Crippen molar-refractivity contribution in [2.75, 3.05) is 41.1 Å². The van der Waals surface area contributed by atoms with E-state index in [1.165, 1.54) is 11.8 Å². The normalized spacial score (nSPS) is 19.1. The number of fused-ring (bicyclic) bond motifs is 1. The van der Waals surface area contributed by atoms with Crippen molar-refractivity contribution in [2.45, 2.75) is 32.2 Å². The summed E-state index contributed by atoms with van der Waals surface area (Å²) in [5.74, 6) is 1.24. The monoisotopic (exact) mass is 501 g/mol. The van der Waals surface area contributed by atoms with Crippen LogP contribution in [0.2, 0.25) is 0 Å². The average molecular weight is 502 g/mol. The van der Waals surface area contributed by atoms with E-state index in [1.807, 2.05) is 16.4 Å². The first-order valence-electron chi connectivity index (χ1n) is 11.6. The Labute approximate surface area is 209 Å². The van der Waals surface area contributed by atoms with Gasteiger partial charge in [-0.15, -0.1) is 0 Å². The Hall–Kier alpha value is -2.98. The summed E-state index contributed by atoms with van der Waals surface area (Å²) in [7, 11) is 4.71. The van der Waals surface area contributed by atoms with Gasteiger partial charge in [0.15, 0.2) is 5.17 Å². The summed E-state index contributed by atoms with van der Waals surface area (Å²) in [6.07, 6.45) is 2.50. The number of esters is 1. The number of amidine groups is 1. The minimum absolute atomic E-state index is 0.0585. The largest absolute Gasteiger partial charge is 0.497 e. The van der Waals surface area contributed by atoms with Crippen molar-refractivity contribution >= 4 is 28.8 Å². The Morgan fingerprint density at radius 1 is 1.17 bits per heavy atom. The van der Waals surface area contributed by atoms with Crippen LogP contribution in [0.1, 0.15) is 37.8 Å². The van der Waals surface area contributed by atoms with Crippen molar-refractivity contribution in [3.05, 3.63) is 46.1 Å². The maximum absolute atomic E-state index is 13.3. The highest BCUT2D eigenvalue weighted by atomic mass is 32.2. The summed E-state index contributed by atoms with van der Waals surface area (Å²) in [5, 5.41) is 5.63. The molecule has 1 amide bonds. The number of ether oxygens (including phenoxy) is 4. The molecule has 2 aliphatic heterocycles. The van der Waals surface area contributed by atoms with Gasteiger partial charge in [0, 0.05) is 24.9 Å². The Bertz CT molecular complexity index is 1080. The number of methoxy groups -OCH3 is 3. The van der Waals surface area contributed by atoms with E-state index in [-0.39, 0.29) is 25.5 Å². The lowest BCUT2D eigenvalue weighted by atomic mass is 9.92. The molecule has 1 fully saturated rings. The van der Waals surface area contributed by atoms with Crippen molar-refractivity contribution in [1.82, 2.24) is 10.2 Å². The van der Waals surface area contributed by atoms with E-state index in [4.69, 9.17) is 18.9 Å². The minimum atomic E-state index is -0.611. The van der Waals surface area contributed by atoms with Crippen molar-refractivity contribution in [2.24, 2.45) is 10.9 Å². The molecule has 1 aromatic rings. The maximum atomic E-state index is 13.3. The number of hydrogen-bond donors (Lipinski definition) is 1. The number of nitrogens with one attached hydrogen (secondary N) is 1. The maximum Gasteiger partial charge on any atom is 0.338 e. The number of benzene rings is 1. The number of carbonyl (C=O) groups is 2. The highest BCUT2D eigenvalue weighted by Gasteiger charge is 2.42. The van der Waals surface area contributed by atoms with Gasteiger partial charge in [0.2, 0.25) is 5.91 Å². The first-order valence-corrected chi connectivity index (χ1v) is 12.4. The number of allylic oxidation sites excluding steroid dienone is 1. The van der Waals surface area contributed by atoms with Crippen LogP contribution < -0.4 is 14.8 Å². The van der Waals surface area contributed by atoms with Gasteiger partial charge in [-0.1, -0.05) is 11.8 Å². The lowest BCUT2D eigenvalue weighted by Gasteiger charge is -2.36. The highest BCUT2D eigenvalue weighted by Crippen LogP contribution is 2.47. The Morgan fingerprint density at radius 2 is 1.97 bits per heavy atom. The molecule has 10 heteroatoms. The Kier molecular flexibility index (Phi) is 8.02. The molecule has 1 saturated carbocycles. The minimum Gasteiger partial charge on any atom is -0.497 e. The number of rotatable bonds is 11. The molecule has 0 aromatic heterocycles. The molecule has 1 N–H and O–H groups in total. The van der Waals surface area contributed by atoms with Crippen molar-refractivity contribution < 1.29 is 28.5 Å². The van der Waals surface area contributed by atoms with Crippen LogP contribution in [0.25, 0.3) is 0 Å². The summed E-state index contributed by atoms with van der Waals surface area (Å²) in [4.78, 5) is 32.7. The first-order chi connectivity index (χ1) is 17.0. The number of carbonyl (C=O) groups excluding carboxylic acids is 2. The SMILES string of the molecule is COCCOC(=O)C1=C(C)N=C2SC=C(CC(=O)NCC3CC3)N2C1c1cc(OC)ccc1OC. The molecule has 1 aromatic carbocycles. The molecule has 3 aliphatic rings. The predicted octanol–water partition coefficient (Wildman–Crippen LogP) is 3.38. The van der Waals surface area contributed by atoms with E-state index in [9.17, 15) is 9.59 Å². The van der Waals surface area contributed by atoms with Crippen molar-refractivity contribution in [3.63, 3.8) is 0 Å². The number of aliphatic imine (C=N–C) groups is 1. The third kappa shape index (κ3) is 5.65. The predicted molar refractivity (Wildman–Crippen MR) is 133 cm³/mol. The van der Waals surface area contributed by atoms with Gasteiger partial charge < -0.3 is 29.2 Å². The van der Waals surface area contributed by atoms with Crippen LogP contribution in [-0.4, -0.2) is 63.0 Å². The topological polar surface area (TPSA) is 98.7 Å². The molecule has 1 atom stereocenters. The Morgan fingerprint density at radius 3 is 2.66 bits per heavy atom. The summed E-state index contributed by atoms with van der Waals surface area (Å²) in [6.45, 7) is 2.89. The molecule has 0 radical (unpaired) electrons. The van der Waals surface area contributed by atoms with Gasteiger partial charge >= 0.3 is 5.97 Å². The van der Waals surface area contributed by atoms with Crippen LogP contribution in [0.15, 0.2) is 45.6 Å². The van der Waals surface area contributed by atoms with E-state index >= 15 is 0 Å². The smallest absolute Gasteiger partial charge is 0.338 e.